The molecule has 5 N–H and O–H groups in total. The number of amidine groups is 1. The molecule has 2 rings (SSSR count). The van der Waals surface area contributed by atoms with Gasteiger partial charge < -0.3 is 21.6 Å². The highest BCUT2D eigenvalue weighted by molar-refractivity contribution is 6.00. The van der Waals surface area contributed by atoms with Crippen LogP contribution >= 0.6 is 0 Å². The number of carbonyl (C=O) groups excluding carboxylic acids is 2. The third-order valence-electron chi connectivity index (χ3n) is 3.38. The Morgan fingerprint density at radius 3 is 2.35 bits per heavy atom. The first-order chi connectivity index (χ1) is 9.54. The van der Waals surface area contributed by atoms with Crippen molar-refractivity contribution >= 4 is 17.6 Å². The van der Waals surface area contributed by atoms with Crippen LogP contribution in [0.25, 0.3) is 0 Å². The van der Waals surface area contributed by atoms with Gasteiger partial charge in [-0.3, -0.25) is 9.59 Å². The van der Waals surface area contributed by atoms with Crippen LogP contribution in [-0.2, 0) is 4.79 Å². The molecule has 7 heteroatoms. The topological polar surface area (TPSA) is 122 Å². The number of benzene rings is 1. The molecule has 20 heavy (non-hydrogen) atoms. The van der Waals surface area contributed by atoms with Crippen molar-refractivity contribution in [1.82, 2.24) is 4.90 Å². The third kappa shape index (κ3) is 2.56. The smallest absolute Gasteiger partial charge is 0.254 e. The van der Waals surface area contributed by atoms with Gasteiger partial charge in [-0.25, -0.2) is 0 Å². The summed E-state index contributed by atoms with van der Waals surface area (Å²) in [5, 5.41) is 11.5. The van der Waals surface area contributed by atoms with Crippen LogP contribution in [0.15, 0.2) is 29.4 Å². The number of carbonyl (C=O) groups is 2. The minimum Gasteiger partial charge on any atom is -0.409 e. The normalized spacial score (nSPS) is 19.1. The van der Waals surface area contributed by atoms with Crippen molar-refractivity contribution < 1.29 is 14.8 Å². The Balaban J connectivity index is 2.19. The number of oxime groups is 1. The lowest BCUT2D eigenvalue weighted by Crippen LogP contribution is -2.43. The van der Waals surface area contributed by atoms with Crippen molar-refractivity contribution in [1.29, 1.82) is 0 Å². The Bertz CT molecular complexity index is 553. The standard InChI is InChI=1S/C13H16N4O3/c14-11(16-20)8-3-5-9(6-4-8)13(19)17-7-1-2-10(17)12(15)18/h3-6,10,20H,1-2,7H2,(H2,14,16)(H2,15,18). The second-order valence-corrected chi connectivity index (χ2v) is 4.62. The molecule has 0 aromatic heterocycles. The van der Waals surface area contributed by atoms with Crippen LogP contribution in [0, 0.1) is 0 Å². The molecule has 0 spiro atoms. The Labute approximate surface area is 115 Å². The molecule has 1 aliphatic heterocycles. The second-order valence-electron chi connectivity index (χ2n) is 4.62. The zero-order valence-electron chi connectivity index (χ0n) is 10.8. The quantitative estimate of drug-likeness (QED) is 0.308. The van der Waals surface area contributed by atoms with E-state index in [9.17, 15) is 9.59 Å². The molecule has 1 atom stereocenters. The van der Waals surface area contributed by atoms with E-state index in [0.29, 0.717) is 24.1 Å². The van der Waals surface area contributed by atoms with Crippen LogP contribution in [-0.4, -0.2) is 40.3 Å². The van der Waals surface area contributed by atoms with Gasteiger partial charge in [0.1, 0.15) is 6.04 Å². The lowest BCUT2D eigenvalue weighted by Gasteiger charge is -2.22. The van der Waals surface area contributed by atoms with Crippen LogP contribution in [0.5, 0.6) is 0 Å². The van der Waals surface area contributed by atoms with Crippen molar-refractivity contribution in [3.63, 3.8) is 0 Å². The summed E-state index contributed by atoms with van der Waals surface area (Å²) in [6.07, 6.45) is 1.37. The van der Waals surface area contributed by atoms with E-state index >= 15 is 0 Å². The molecule has 0 radical (unpaired) electrons. The zero-order chi connectivity index (χ0) is 14.7. The SMILES string of the molecule is NC(=O)C1CCCN1C(=O)c1ccc(/C(N)=N/O)cc1. The summed E-state index contributed by atoms with van der Waals surface area (Å²) < 4.78 is 0. The van der Waals surface area contributed by atoms with Gasteiger partial charge in [-0.2, -0.15) is 0 Å². The fraction of sp³-hybridized carbons (Fsp3) is 0.308. The van der Waals surface area contributed by atoms with E-state index in [1.807, 2.05) is 0 Å². The average molecular weight is 276 g/mol. The number of hydrogen-bond donors (Lipinski definition) is 3. The highest BCUT2D eigenvalue weighted by Gasteiger charge is 2.33. The molecular weight excluding hydrogens is 260 g/mol. The van der Waals surface area contributed by atoms with E-state index in [1.165, 1.54) is 4.90 Å². The van der Waals surface area contributed by atoms with Crippen LogP contribution in [0.4, 0.5) is 0 Å². The number of nitrogens with two attached hydrogens (primary N) is 2. The predicted octanol–water partition coefficient (Wildman–Crippen LogP) is -0.129. The van der Waals surface area contributed by atoms with Gasteiger partial charge in [-0.1, -0.05) is 17.3 Å². The summed E-state index contributed by atoms with van der Waals surface area (Å²) in [7, 11) is 0. The molecule has 1 aliphatic rings. The number of nitrogens with zero attached hydrogens (tertiary/aromatic N) is 2. The Morgan fingerprint density at radius 2 is 1.80 bits per heavy atom. The van der Waals surface area contributed by atoms with Gasteiger partial charge in [-0.15, -0.1) is 0 Å². The van der Waals surface area contributed by atoms with Crippen molar-refractivity contribution in [3.05, 3.63) is 35.4 Å². The van der Waals surface area contributed by atoms with Crippen molar-refractivity contribution in [3.8, 4) is 0 Å². The van der Waals surface area contributed by atoms with Crippen molar-refractivity contribution in [2.24, 2.45) is 16.6 Å². The molecule has 106 valence electrons. The summed E-state index contributed by atoms with van der Waals surface area (Å²) in [6.45, 7) is 0.522. The van der Waals surface area contributed by atoms with E-state index in [-0.39, 0.29) is 11.7 Å². The number of hydrogen-bond acceptors (Lipinski definition) is 4. The predicted molar refractivity (Wildman–Crippen MR) is 72.2 cm³/mol. The van der Waals surface area contributed by atoms with E-state index < -0.39 is 11.9 Å². The van der Waals surface area contributed by atoms with E-state index in [0.717, 1.165) is 6.42 Å². The summed E-state index contributed by atoms with van der Waals surface area (Å²) >= 11 is 0. The molecule has 1 saturated heterocycles. The van der Waals surface area contributed by atoms with Gasteiger partial charge in [-0.05, 0) is 25.0 Å². The average Bonchev–Trinajstić information content (AvgIpc) is 2.95. The largest absolute Gasteiger partial charge is 0.409 e. The fourth-order valence-electron chi connectivity index (χ4n) is 2.31. The van der Waals surface area contributed by atoms with Gasteiger partial charge in [0, 0.05) is 17.7 Å². The first-order valence-corrected chi connectivity index (χ1v) is 6.23. The lowest BCUT2D eigenvalue weighted by molar-refractivity contribution is -0.121. The molecule has 1 unspecified atom stereocenters. The van der Waals surface area contributed by atoms with Crippen molar-refractivity contribution in [2.45, 2.75) is 18.9 Å². The Kier molecular flexibility index (Phi) is 3.88. The summed E-state index contributed by atoms with van der Waals surface area (Å²) in [6, 6.07) is 5.78. The fourth-order valence-corrected chi connectivity index (χ4v) is 2.31. The van der Waals surface area contributed by atoms with Crippen LogP contribution in [0.1, 0.15) is 28.8 Å². The van der Waals surface area contributed by atoms with Gasteiger partial charge in [0.2, 0.25) is 5.91 Å². The maximum atomic E-state index is 12.3. The number of amides is 2. The van der Waals surface area contributed by atoms with Crippen LogP contribution < -0.4 is 11.5 Å². The maximum Gasteiger partial charge on any atom is 0.254 e. The van der Waals surface area contributed by atoms with Crippen molar-refractivity contribution in [2.75, 3.05) is 6.54 Å². The van der Waals surface area contributed by atoms with Gasteiger partial charge in [0.05, 0.1) is 0 Å². The zero-order valence-corrected chi connectivity index (χ0v) is 10.8. The highest BCUT2D eigenvalue weighted by Crippen LogP contribution is 2.20. The molecule has 1 fully saturated rings. The minimum atomic E-state index is -0.536. The molecule has 1 aromatic rings. The molecule has 0 bridgehead atoms. The monoisotopic (exact) mass is 276 g/mol. The highest BCUT2D eigenvalue weighted by atomic mass is 16.4. The van der Waals surface area contributed by atoms with Gasteiger partial charge in [0.15, 0.2) is 5.84 Å². The number of rotatable bonds is 3. The number of primary amides is 1. The Hall–Kier alpha value is -2.57. The summed E-state index contributed by atoms with van der Waals surface area (Å²) in [5.41, 5.74) is 11.7. The second kappa shape index (κ2) is 5.60. The van der Waals surface area contributed by atoms with Gasteiger partial charge in [0.25, 0.3) is 5.91 Å². The summed E-state index contributed by atoms with van der Waals surface area (Å²) in [5.74, 6) is -0.748. The molecule has 2 amide bonds. The van der Waals surface area contributed by atoms with Crippen LogP contribution in [0.2, 0.25) is 0 Å². The first-order valence-electron chi connectivity index (χ1n) is 6.23. The molecule has 1 heterocycles. The van der Waals surface area contributed by atoms with E-state index in [4.69, 9.17) is 16.7 Å². The van der Waals surface area contributed by atoms with Crippen LogP contribution in [0.3, 0.4) is 0 Å². The molecule has 1 aromatic carbocycles. The molecular formula is C13H16N4O3. The van der Waals surface area contributed by atoms with Gasteiger partial charge >= 0.3 is 0 Å². The maximum absolute atomic E-state index is 12.3. The van der Waals surface area contributed by atoms with E-state index in [1.54, 1.807) is 24.3 Å². The Morgan fingerprint density at radius 1 is 1.20 bits per heavy atom. The molecule has 7 nitrogen and oxygen atoms in total. The minimum absolute atomic E-state index is 0.0276. The third-order valence-corrected chi connectivity index (χ3v) is 3.38. The van der Waals surface area contributed by atoms with E-state index in [2.05, 4.69) is 5.16 Å². The molecule has 0 saturated carbocycles. The number of likely N-dealkylation sites (tertiary alicyclic amines) is 1. The lowest BCUT2D eigenvalue weighted by atomic mass is 10.1. The first kappa shape index (κ1) is 13.9. The summed E-state index contributed by atoms with van der Waals surface area (Å²) in [4.78, 5) is 25.1. The molecule has 0 aliphatic carbocycles.